The largest absolute Gasteiger partial charge is 0.494 e. The summed E-state index contributed by atoms with van der Waals surface area (Å²) in [4.78, 5) is 2.26. The number of hydrogen-bond acceptors (Lipinski definition) is 4. The summed E-state index contributed by atoms with van der Waals surface area (Å²) in [5.74, 6) is 0.652. The molecule has 0 fully saturated rings. The van der Waals surface area contributed by atoms with E-state index in [0.29, 0.717) is 23.1 Å². The molecule has 0 aromatic heterocycles. The molecule has 1 N–H and O–H groups in total. The molecule has 0 amide bonds. The molecule has 0 saturated carbocycles. The van der Waals surface area contributed by atoms with Gasteiger partial charge in [-0.25, -0.2) is 8.42 Å². The van der Waals surface area contributed by atoms with Crippen LogP contribution in [-0.2, 0) is 10.0 Å². The fourth-order valence-electron chi connectivity index (χ4n) is 2.02. The molecule has 130 valence electrons. The van der Waals surface area contributed by atoms with E-state index in [2.05, 4.69) is 9.62 Å². The highest BCUT2D eigenvalue weighted by Crippen LogP contribution is 2.20. The quantitative estimate of drug-likeness (QED) is 0.725. The second-order valence-electron chi connectivity index (χ2n) is 5.59. The first-order valence-electron chi connectivity index (χ1n) is 7.53. The predicted octanol–water partition coefficient (Wildman–Crippen LogP) is 3.47. The Morgan fingerprint density at radius 1 is 1.04 bits per heavy atom. The van der Waals surface area contributed by atoms with Gasteiger partial charge in [-0.15, -0.1) is 0 Å². The van der Waals surface area contributed by atoms with E-state index in [4.69, 9.17) is 16.3 Å². The highest BCUT2D eigenvalue weighted by atomic mass is 35.5. The summed E-state index contributed by atoms with van der Waals surface area (Å²) in [7, 11) is 0.380. The monoisotopic (exact) mass is 368 g/mol. The van der Waals surface area contributed by atoms with Crippen molar-refractivity contribution in [3.63, 3.8) is 0 Å². The summed E-state index contributed by atoms with van der Waals surface area (Å²) in [6.07, 6.45) is 0.908. The van der Waals surface area contributed by atoms with Crippen molar-refractivity contribution in [2.45, 2.75) is 11.3 Å². The third-order valence-electron chi connectivity index (χ3n) is 3.25. The second-order valence-corrected chi connectivity index (χ2v) is 7.71. The summed E-state index contributed by atoms with van der Waals surface area (Å²) in [5.41, 5.74) is 0.461. The molecule has 24 heavy (non-hydrogen) atoms. The molecule has 0 unspecified atom stereocenters. The summed E-state index contributed by atoms with van der Waals surface area (Å²) < 4.78 is 32.8. The van der Waals surface area contributed by atoms with Gasteiger partial charge >= 0.3 is 0 Å². The van der Waals surface area contributed by atoms with Gasteiger partial charge in [0.1, 0.15) is 5.75 Å². The number of nitrogens with one attached hydrogen (secondary N) is 1. The zero-order chi connectivity index (χ0) is 17.6. The predicted molar refractivity (Wildman–Crippen MR) is 97.4 cm³/mol. The Bertz CT molecular complexity index is 744. The molecule has 0 atom stereocenters. The molecule has 7 heteroatoms. The van der Waals surface area contributed by atoms with Crippen molar-refractivity contribution in [1.29, 1.82) is 0 Å². The maximum atomic E-state index is 12.3. The molecule has 0 heterocycles. The van der Waals surface area contributed by atoms with Gasteiger partial charge in [-0.2, -0.15) is 0 Å². The van der Waals surface area contributed by atoms with Gasteiger partial charge in [-0.3, -0.25) is 4.72 Å². The minimum absolute atomic E-state index is 0.179. The van der Waals surface area contributed by atoms with Gasteiger partial charge in [0.05, 0.1) is 11.5 Å². The highest BCUT2D eigenvalue weighted by Gasteiger charge is 2.14. The third-order valence-corrected chi connectivity index (χ3v) is 4.90. The summed E-state index contributed by atoms with van der Waals surface area (Å²) >= 11 is 5.79. The van der Waals surface area contributed by atoms with Crippen LogP contribution in [0.3, 0.4) is 0 Å². The minimum Gasteiger partial charge on any atom is -0.494 e. The maximum Gasteiger partial charge on any atom is 0.261 e. The van der Waals surface area contributed by atoms with Crippen molar-refractivity contribution >= 4 is 27.3 Å². The number of sulfonamides is 1. The number of nitrogens with zero attached hydrogens (tertiary/aromatic N) is 1. The maximum absolute atomic E-state index is 12.3. The zero-order valence-corrected chi connectivity index (χ0v) is 15.3. The Hall–Kier alpha value is -1.76. The number of benzene rings is 2. The van der Waals surface area contributed by atoms with Crippen LogP contribution >= 0.6 is 11.6 Å². The minimum atomic E-state index is -3.63. The fraction of sp³-hybridized carbons (Fsp3) is 0.294. The molecule has 5 nitrogen and oxygen atoms in total. The van der Waals surface area contributed by atoms with E-state index in [1.807, 2.05) is 14.1 Å². The molecule has 0 bridgehead atoms. The van der Waals surface area contributed by atoms with Crippen molar-refractivity contribution in [3.05, 3.63) is 53.6 Å². The van der Waals surface area contributed by atoms with Crippen LogP contribution in [0.5, 0.6) is 5.75 Å². The zero-order valence-electron chi connectivity index (χ0n) is 13.7. The lowest BCUT2D eigenvalue weighted by Gasteiger charge is -2.11. The fourth-order valence-corrected chi connectivity index (χ4v) is 3.20. The van der Waals surface area contributed by atoms with Gasteiger partial charge in [0, 0.05) is 17.3 Å². The van der Waals surface area contributed by atoms with Crippen molar-refractivity contribution in [2.24, 2.45) is 0 Å². The summed E-state index contributed by atoms with van der Waals surface area (Å²) in [6.45, 7) is 1.53. The molecule has 0 radical (unpaired) electrons. The first kappa shape index (κ1) is 18.6. The van der Waals surface area contributed by atoms with Gasteiger partial charge in [-0.05, 0) is 69.0 Å². The number of rotatable bonds is 8. The van der Waals surface area contributed by atoms with Crippen molar-refractivity contribution < 1.29 is 13.2 Å². The summed E-state index contributed by atoms with van der Waals surface area (Å²) in [6, 6.07) is 12.9. The average Bonchev–Trinajstić information content (AvgIpc) is 2.54. The Morgan fingerprint density at radius 2 is 1.67 bits per heavy atom. The topological polar surface area (TPSA) is 58.6 Å². The van der Waals surface area contributed by atoms with E-state index in [0.717, 1.165) is 13.0 Å². The lowest BCUT2D eigenvalue weighted by molar-refractivity contribution is 0.281. The van der Waals surface area contributed by atoms with Crippen LogP contribution in [0.4, 0.5) is 5.69 Å². The van der Waals surface area contributed by atoms with Crippen LogP contribution in [0.15, 0.2) is 53.4 Å². The molecule has 2 aromatic carbocycles. The highest BCUT2D eigenvalue weighted by molar-refractivity contribution is 7.92. The van der Waals surface area contributed by atoms with Gasteiger partial charge < -0.3 is 9.64 Å². The Balaban J connectivity index is 1.97. The lowest BCUT2D eigenvalue weighted by Crippen LogP contribution is -2.15. The van der Waals surface area contributed by atoms with Crippen LogP contribution in [0, 0.1) is 0 Å². The standard InChI is InChI=1S/C17H21ClN2O3S/c1-20(2)12-3-13-23-16-8-10-17(11-9-16)24(21,22)19-15-6-4-14(18)5-7-15/h4-11,19H,3,12-13H2,1-2H3. The Kier molecular flexibility index (Phi) is 6.48. The van der Waals surface area contributed by atoms with Crippen LogP contribution in [0.25, 0.3) is 0 Å². The second kappa shape index (κ2) is 8.37. The normalized spacial score (nSPS) is 11.5. The molecule has 0 saturated heterocycles. The SMILES string of the molecule is CN(C)CCCOc1ccc(S(=O)(=O)Nc2ccc(Cl)cc2)cc1. The number of hydrogen-bond donors (Lipinski definition) is 1. The number of anilines is 1. The van der Waals surface area contributed by atoms with Gasteiger partial charge in [-0.1, -0.05) is 11.6 Å². The van der Waals surface area contributed by atoms with Gasteiger partial charge in [0.25, 0.3) is 10.0 Å². The number of ether oxygens (including phenoxy) is 1. The van der Waals surface area contributed by atoms with Crippen molar-refractivity contribution in [3.8, 4) is 5.75 Å². The first-order valence-corrected chi connectivity index (χ1v) is 9.39. The third kappa shape index (κ3) is 5.70. The van der Waals surface area contributed by atoms with E-state index in [9.17, 15) is 8.42 Å². The van der Waals surface area contributed by atoms with Crippen molar-refractivity contribution in [2.75, 3.05) is 32.0 Å². The Labute approximate surface area is 148 Å². The van der Waals surface area contributed by atoms with E-state index in [-0.39, 0.29) is 4.90 Å². The molecule has 0 aliphatic carbocycles. The molecule has 2 aromatic rings. The van der Waals surface area contributed by atoms with E-state index in [1.165, 1.54) is 12.1 Å². The Morgan fingerprint density at radius 3 is 2.25 bits per heavy atom. The van der Waals surface area contributed by atoms with Crippen LogP contribution in [-0.4, -0.2) is 40.6 Å². The van der Waals surface area contributed by atoms with Crippen LogP contribution in [0.2, 0.25) is 5.02 Å². The first-order chi connectivity index (χ1) is 11.4. The lowest BCUT2D eigenvalue weighted by atomic mass is 10.3. The average molecular weight is 369 g/mol. The van der Waals surface area contributed by atoms with Gasteiger partial charge in [0.15, 0.2) is 0 Å². The molecular formula is C17H21ClN2O3S. The number of halogens is 1. The molecule has 0 aliphatic rings. The van der Waals surface area contributed by atoms with Crippen LogP contribution < -0.4 is 9.46 Å². The summed E-state index contributed by atoms with van der Waals surface area (Å²) in [5, 5.41) is 0.550. The molecule has 0 aliphatic heterocycles. The smallest absolute Gasteiger partial charge is 0.261 e. The van der Waals surface area contributed by atoms with Gasteiger partial charge in [0.2, 0.25) is 0 Å². The van der Waals surface area contributed by atoms with E-state index < -0.39 is 10.0 Å². The molecular weight excluding hydrogens is 348 g/mol. The van der Waals surface area contributed by atoms with Crippen LogP contribution in [0.1, 0.15) is 6.42 Å². The van der Waals surface area contributed by atoms with E-state index >= 15 is 0 Å². The molecule has 2 rings (SSSR count). The molecule has 0 spiro atoms. The van der Waals surface area contributed by atoms with Crippen molar-refractivity contribution in [1.82, 2.24) is 4.90 Å². The van der Waals surface area contributed by atoms with E-state index in [1.54, 1.807) is 36.4 Å².